The Bertz CT molecular complexity index is 486. The molecule has 1 aromatic rings. The topological polar surface area (TPSA) is 54.4 Å². The third-order valence-electron chi connectivity index (χ3n) is 2.05. The van der Waals surface area contributed by atoms with Gasteiger partial charge in [0.05, 0.1) is 0 Å². The molecule has 0 fully saturated rings. The molecule has 0 atom stereocenters. The fourth-order valence-corrected chi connectivity index (χ4v) is 1.73. The lowest BCUT2D eigenvalue weighted by Crippen LogP contribution is -2.21. The summed E-state index contributed by atoms with van der Waals surface area (Å²) in [5.41, 5.74) is -4.04. The van der Waals surface area contributed by atoms with E-state index in [0.29, 0.717) is 0 Å². The minimum absolute atomic E-state index is 1.23. The van der Waals surface area contributed by atoms with Gasteiger partial charge < -0.3 is 0 Å². The van der Waals surface area contributed by atoms with E-state index >= 15 is 0 Å². The summed E-state index contributed by atoms with van der Waals surface area (Å²) < 4.78 is 58.9. The van der Waals surface area contributed by atoms with Gasteiger partial charge in [0.1, 0.15) is 0 Å². The van der Waals surface area contributed by atoms with Crippen LogP contribution in [0.4, 0.5) is 13.2 Å². The van der Waals surface area contributed by atoms with Crippen molar-refractivity contribution in [2.75, 3.05) is 0 Å². The zero-order valence-corrected chi connectivity index (χ0v) is 13.1. The number of alkyl halides is 3. The summed E-state index contributed by atoms with van der Waals surface area (Å²) in [6.45, 7) is 2.23. The van der Waals surface area contributed by atoms with Crippen molar-refractivity contribution in [1.82, 2.24) is 0 Å². The SMILES string of the molecule is CCCCc1ccccc1I.O=S(=O)(O)C(F)(F)F. The normalized spacial score (nSPS) is 11.7. The molecule has 110 valence electrons. The average Bonchev–Trinajstić information content (AvgIpc) is 2.26. The number of hydrogen-bond acceptors (Lipinski definition) is 2. The predicted molar refractivity (Wildman–Crippen MR) is 75.4 cm³/mol. The molecule has 0 bridgehead atoms. The highest BCUT2D eigenvalue weighted by atomic mass is 127. The van der Waals surface area contributed by atoms with Gasteiger partial charge in [-0.3, -0.25) is 4.55 Å². The van der Waals surface area contributed by atoms with Gasteiger partial charge in [-0.2, -0.15) is 21.6 Å². The van der Waals surface area contributed by atoms with Gasteiger partial charge in [0.2, 0.25) is 0 Å². The van der Waals surface area contributed by atoms with E-state index in [1.54, 1.807) is 0 Å². The van der Waals surface area contributed by atoms with Crippen LogP contribution in [0.25, 0.3) is 0 Å². The van der Waals surface area contributed by atoms with E-state index in [0.717, 1.165) is 0 Å². The molecular formula is C11H14F3IO3S. The quantitative estimate of drug-likeness (QED) is 0.465. The minimum atomic E-state index is -5.84. The van der Waals surface area contributed by atoms with Gasteiger partial charge in [0.25, 0.3) is 0 Å². The molecule has 0 amide bonds. The minimum Gasteiger partial charge on any atom is -0.279 e. The third kappa shape index (κ3) is 7.73. The van der Waals surface area contributed by atoms with Crippen LogP contribution in [-0.4, -0.2) is 18.5 Å². The van der Waals surface area contributed by atoms with Gasteiger partial charge in [-0.1, -0.05) is 31.5 Å². The Morgan fingerprint density at radius 3 is 2.11 bits per heavy atom. The molecule has 0 spiro atoms. The summed E-state index contributed by atoms with van der Waals surface area (Å²) in [7, 11) is -5.84. The van der Waals surface area contributed by atoms with E-state index in [1.165, 1.54) is 28.4 Å². The van der Waals surface area contributed by atoms with Crippen LogP contribution in [0.15, 0.2) is 24.3 Å². The van der Waals surface area contributed by atoms with Crippen LogP contribution in [-0.2, 0) is 16.5 Å². The second-order valence-electron chi connectivity index (χ2n) is 3.62. The fraction of sp³-hybridized carbons (Fsp3) is 0.455. The summed E-state index contributed by atoms with van der Waals surface area (Å²) in [5, 5.41) is 0. The van der Waals surface area contributed by atoms with Crippen LogP contribution in [0.2, 0.25) is 0 Å². The number of aryl methyl sites for hydroxylation is 1. The highest BCUT2D eigenvalue weighted by molar-refractivity contribution is 14.1. The van der Waals surface area contributed by atoms with E-state index in [4.69, 9.17) is 13.0 Å². The molecule has 19 heavy (non-hydrogen) atoms. The summed E-state index contributed by atoms with van der Waals surface area (Å²) in [6, 6.07) is 8.60. The molecule has 0 radical (unpaired) electrons. The number of halogens is 4. The van der Waals surface area contributed by atoms with Crippen LogP contribution in [0.3, 0.4) is 0 Å². The lowest BCUT2D eigenvalue weighted by Gasteiger charge is -2.01. The van der Waals surface area contributed by atoms with E-state index in [9.17, 15) is 13.2 Å². The standard InChI is InChI=1S/C10H13I.CHF3O3S/c1-2-3-6-9-7-4-5-8-10(9)11;2-1(3,4)8(5,6)7/h4-5,7-8H,2-3,6H2,1H3;(H,5,6,7). The Balaban J connectivity index is 0.000000362. The average molecular weight is 410 g/mol. The molecule has 3 nitrogen and oxygen atoms in total. The van der Waals surface area contributed by atoms with Crippen molar-refractivity contribution in [1.29, 1.82) is 0 Å². The molecular weight excluding hydrogens is 396 g/mol. The van der Waals surface area contributed by atoms with Crippen molar-refractivity contribution in [3.63, 3.8) is 0 Å². The smallest absolute Gasteiger partial charge is 0.279 e. The fourth-order valence-electron chi connectivity index (χ4n) is 1.07. The summed E-state index contributed by atoms with van der Waals surface area (Å²) in [4.78, 5) is 0. The van der Waals surface area contributed by atoms with Crippen molar-refractivity contribution in [2.24, 2.45) is 0 Å². The second-order valence-corrected chi connectivity index (χ2v) is 6.19. The van der Waals surface area contributed by atoms with E-state index in [2.05, 4.69) is 53.8 Å². The molecule has 0 aliphatic rings. The molecule has 0 unspecified atom stereocenters. The zero-order valence-electron chi connectivity index (χ0n) is 10.1. The lowest BCUT2D eigenvalue weighted by molar-refractivity contribution is -0.0510. The first-order chi connectivity index (χ1) is 8.59. The number of hydrogen-bond donors (Lipinski definition) is 1. The van der Waals surface area contributed by atoms with Crippen molar-refractivity contribution in [2.45, 2.75) is 31.7 Å². The first-order valence-electron chi connectivity index (χ1n) is 5.36. The number of rotatable bonds is 3. The van der Waals surface area contributed by atoms with Gasteiger partial charge in [0, 0.05) is 3.57 Å². The molecule has 1 aromatic carbocycles. The monoisotopic (exact) mass is 410 g/mol. The Morgan fingerprint density at radius 2 is 1.74 bits per heavy atom. The summed E-state index contributed by atoms with van der Waals surface area (Å²) in [6.07, 6.45) is 3.82. The second kappa shape index (κ2) is 8.05. The molecule has 8 heteroatoms. The zero-order chi connectivity index (χ0) is 15.1. The van der Waals surface area contributed by atoms with Crippen LogP contribution in [0.5, 0.6) is 0 Å². The van der Waals surface area contributed by atoms with Crippen molar-refractivity contribution >= 4 is 32.7 Å². The van der Waals surface area contributed by atoms with Crippen LogP contribution < -0.4 is 0 Å². The van der Waals surface area contributed by atoms with Crippen LogP contribution in [0.1, 0.15) is 25.3 Å². The molecule has 0 saturated carbocycles. The van der Waals surface area contributed by atoms with E-state index in [-0.39, 0.29) is 0 Å². The van der Waals surface area contributed by atoms with Gasteiger partial charge in [-0.05, 0) is 47.1 Å². The summed E-state index contributed by atoms with van der Waals surface area (Å²) in [5.74, 6) is 0. The Morgan fingerprint density at radius 1 is 1.26 bits per heavy atom. The van der Waals surface area contributed by atoms with Crippen LogP contribution in [0, 0.1) is 3.57 Å². The van der Waals surface area contributed by atoms with E-state index in [1.807, 2.05) is 0 Å². The molecule has 1 N–H and O–H groups in total. The molecule has 0 saturated heterocycles. The van der Waals surface area contributed by atoms with Crippen molar-refractivity contribution in [3.05, 3.63) is 33.4 Å². The number of unbranched alkanes of at least 4 members (excludes halogenated alkanes) is 1. The van der Waals surface area contributed by atoms with Gasteiger partial charge >= 0.3 is 15.6 Å². The first-order valence-corrected chi connectivity index (χ1v) is 7.88. The first kappa shape index (κ1) is 18.7. The maximum absolute atomic E-state index is 10.7. The Kier molecular flexibility index (Phi) is 7.90. The van der Waals surface area contributed by atoms with Crippen molar-refractivity contribution in [3.8, 4) is 0 Å². The van der Waals surface area contributed by atoms with E-state index < -0.39 is 15.6 Å². The van der Waals surface area contributed by atoms with Gasteiger partial charge in [0.15, 0.2) is 0 Å². The number of benzene rings is 1. The van der Waals surface area contributed by atoms with Gasteiger partial charge in [-0.15, -0.1) is 0 Å². The highest BCUT2D eigenvalue weighted by Gasteiger charge is 2.44. The third-order valence-corrected chi connectivity index (χ3v) is 3.69. The largest absolute Gasteiger partial charge is 0.522 e. The molecule has 0 aliphatic heterocycles. The Labute approximate surface area is 124 Å². The Hall–Kier alpha value is -0.350. The molecule has 0 aliphatic carbocycles. The lowest BCUT2D eigenvalue weighted by atomic mass is 10.1. The maximum atomic E-state index is 10.7. The van der Waals surface area contributed by atoms with Gasteiger partial charge in [-0.25, -0.2) is 0 Å². The van der Waals surface area contributed by atoms with Crippen LogP contribution >= 0.6 is 22.6 Å². The molecule has 0 heterocycles. The molecule has 1 rings (SSSR count). The molecule has 0 aromatic heterocycles. The summed E-state index contributed by atoms with van der Waals surface area (Å²) >= 11 is 2.40. The predicted octanol–water partition coefficient (Wildman–Crippen LogP) is 4.03. The maximum Gasteiger partial charge on any atom is 0.522 e. The van der Waals surface area contributed by atoms with Crippen molar-refractivity contribution < 1.29 is 26.1 Å². The highest BCUT2D eigenvalue weighted by Crippen LogP contribution is 2.20.